The smallest absolute Gasteiger partial charge is 0.242 e. The molecule has 0 aromatic heterocycles. The molecule has 0 saturated heterocycles. The summed E-state index contributed by atoms with van der Waals surface area (Å²) in [5.74, 6) is 0.0179. The molecule has 1 aliphatic rings. The van der Waals surface area contributed by atoms with Gasteiger partial charge < -0.3 is 15.4 Å². The van der Waals surface area contributed by atoms with Gasteiger partial charge in [0, 0.05) is 19.2 Å². The fourth-order valence-corrected chi connectivity index (χ4v) is 1.65. The molecule has 5 heteroatoms. The molecule has 1 unspecified atom stereocenters. The number of carbonyl (C=O) groups excluding carboxylic acids is 1. The third-order valence-electron chi connectivity index (χ3n) is 2.41. The van der Waals surface area contributed by atoms with Gasteiger partial charge in [0.1, 0.15) is 6.04 Å². The third kappa shape index (κ3) is 3.97. The summed E-state index contributed by atoms with van der Waals surface area (Å²) in [7, 11) is 1.56. The third-order valence-corrected chi connectivity index (χ3v) is 2.41. The fourth-order valence-electron chi connectivity index (χ4n) is 1.65. The Morgan fingerprint density at radius 2 is 2.07 bits per heavy atom. The number of rotatable bonds is 5. The van der Waals surface area contributed by atoms with Crippen molar-refractivity contribution >= 4 is 18.3 Å². The minimum absolute atomic E-state index is 0. The number of hydrogen-bond donors (Lipinski definition) is 1. The number of hydrogen-bond acceptors (Lipinski definition) is 3. The monoisotopic (exact) mass is 236 g/mol. The molecule has 0 spiro atoms. The molecule has 2 N–H and O–H groups in total. The molecule has 1 saturated carbocycles. The highest BCUT2D eigenvalue weighted by Gasteiger charge is 2.36. The molecule has 0 aromatic rings. The molecule has 15 heavy (non-hydrogen) atoms. The molecule has 0 aliphatic heterocycles. The van der Waals surface area contributed by atoms with Crippen molar-refractivity contribution in [3.63, 3.8) is 0 Å². The molecule has 0 radical (unpaired) electrons. The topological polar surface area (TPSA) is 55.6 Å². The van der Waals surface area contributed by atoms with Gasteiger partial charge in [0.2, 0.25) is 5.91 Å². The molecule has 1 amide bonds. The van der Waals surface area contributed by atoms with Crippen LogP contribution in [0.3, 0.4) is 0 Å². The van der Waals surface area contributed by atoms with Gasteiger partial charge in [-0.3, -0.25) is 4.79 Å². The Balaban J connectivity index is 0.00000196. The van der Waals surface area contributed by atoms with Crippen LogP contribution in [0.25, 0.3) is 0 Å². The highest BCUT2D eigenvalue weighted by Crippen LogP contribution is 2.28. The zero-order valence-electron chi connectivity index (χ0n) is 9.60. The molecule has 1 aliphatic carbocycles. The first-order chi connectivity index (χ1) is 6.57. The molecule has 1 fully saturated rings. The van der Waals surface area contributed by atoms with Gasteiger partial charge in [-0.15, -0.1) is 12.4 Å². The van der Waals surface area contributed by atoms with Crippen molar-refractivity contribution in [3.05, 3.63) is 0 Å². The number of ether oxygens (including phenoxy) is 1. The largest absolute Gasteiger partial charge is 0.383 e. The van der Waals surface area contributed by atoms with Crippen molar-refractivity contribution in [3.8, 4) is 0 Å². The zero-order valence-corrected chi connectivity index (χ0v) is 10.4. The first kappa shape index (κ1) is 14.7. The van der Waals surface area contributed by atoms with Crippen molar-refractivity contribution < 1.29 is 9.53 Å². The highest BCUT2D eigenvalue weighted by molar-refractivity contribution is 5.85. The van der Waals surface area contributed by atoms with Crippen LogP contribution in [0.2, 0.25) is 0 Å². The van der Waals surface area contributed by atoms with Crippen molar-refractivity contribution in [2.24, 2.45) is 5.73 Å². The van der Waals surface area contributed by atoms with E-state index in [1.807, 2.05) is 18.7 Å². The standard InChI is InChI=1S/C10H20N2O2.ClH/c1-7(2)12(8-4-5-8)10(13)9(11)6-14-3;/h7-9H,4-6,11H2,1-3H3;1H. The van der Waals surface area contributed by atoms with E-state index in [-0.39, 0.29) is 24.4 Å². The Morgan fingerprint density at radius 1 is 1.53 bits per heavy atom. The summed E-state index contributed by atoms with van der Waals surface area (Å²) in [6, 6.07) is 0.145. The van der Waals surface area contributed by atoms with E-state index in [0.29, 0.717) is 12.6 Å². The minimum atomic E-state index is -0.511. The normalized spacial score (nSPS) is 17.1. The average Bonchev–Trinajstić information content (AvgIpc) is 2.88. The van der Waals surface area contributed by atoms with Crippen molar-refractivity contribution in [2.45, 2.75) is 44.8 Å². The van der Waals surface area contributed by atoms with E-state index in [0.717, 1.165) is 12.8 Å². The zero-order chi connectivity index (χ0) is 10.7. The average molecular weight is 237 g/mol. The Labute approximate surface area is 97.5 Å². The second kappa shape index (κ2) is 6.30. The van der Waals surface area contributed by atoms with E-state index in [1.54, 1.807) is 7.11 Å². The number of methoxy groups -OCH3 is 1. The summed E-state index contributed by atoms with van der Waals surface area (Å²) < 4.78 is 4.88. The van der Waals surface area contributed by atoms with Crippen LogP contribution in [0.15, 0.2) is 0 Å². The van der Waals surface area contributed by atoms with Gasteiger partial charge in [0.15, 0.2) is 0 Å². The van der Waals surface area contributed by atoms with Gasteiger partial charge in [-0.1, -0.05) is 0 Å². The lowest BCUT2D eigenvalue weighted by atomic mass is 10.2. The quantitative estimate of drug-likeness (QED) is 0.768. The van der Waals surface area contributed by atoms with Crippen LogP contribution in [0.1, 0.15) is 26.7 Å². The Morgan fingerprint density at radius 3 is 2.40 bits per heavy atom. The van der Waals surface area contributed by atoms with Crippen LogP contribution in [-0.4, -0.2) is 42.6 Å². The number of nitrogens with zero attached hydrogens (tertiary/aromatic N) is 1. The summed E-state index contributed by atoms with van der Waals surface area (Å²) in [5.41, 5.74) is 5.72. The second-order valence-corrected chi connectivity index (χ2v) is 4.13. The van der Waals surface area contributed by atoms with Crippen molar-refractivity contribution in [2.75, 3.05) is 13.7 Å². The predicted octanol–water partition coefficient (Wildman–Crippen LogP) is 0.781. The first-order valence-electron chi connectivity index (χ1n) is 5.14. The molecule has 0 bridgehead atoms. The van der Waals surface area contributed by atoms with Gasteiger partial charge in [0.25, 0.3) is 0 Å². The Hall–Kier alpha value is -0.320. The minimum Gasteiger partial charge on any atom is -0.383 e. The van der Waals surface area contributed by atoms with E-state index in [9.17, 15) is 4.79 Å². The molecule has 0 aromatic carbocycles. The SMILES string of the molecule is COCC(N)C(=O)N(C(C)C)C1CC1.Cl. The summed E-state index contributed by atoms with van der Waals surface area (Å²) in [5, 5.41) is 0. The molecule has 0 heterocycles. The van der Waals surface area contributed by atoms with Crippen LogP contribution >= 0.6 is 12.4 Å². The van der Waals surface area contributed by atoms with E-state index < -0.39 is 6.04 Å². The lowest BCUT2D eigenvalue weighted by Crippen LogP contribution is -2.49. The van der Waals surface area contributed by atoms with Gasteiger partial charge in [-0.2, -0.15) is 0 Å². The van der Waals surface area contributed by atoms with Crippen molar-refractivity contribution in [1.82, 2.24) is 4.90 Å². The summed E-state index contributed by atoms with van der Waals surface area (Å²) in [4.78, 5) is 13.8. The van der Waals surface area contributed by atoms with Gasteiger partial charge in [-0.25, -0.2) is 0 Å². The summed E-state index contributed by atoms with van der Waals surface area (Å²) in [6.07, 6.45) is 2.23. The lowest BCUT2D eigenvalue weighted by molar-refractivity contribution is -0.136. The fraction of sp³-hybridized carbons (Fsp3) is 0.900. The number of amides is 1. The Kier molecular flexibility index (Phi) is 6.17. The van der Waals surface area contributed by atoms with E-state index in [1.165, 1.54) is 0 Å². The molecular formula is C10H21ClN2O2. The van der Waals surface area contributed by atoms with Gasteiger partial charge in [0.05, 0.1) is 6.61 Å². The first-order valence-corrected chi connectivity index (χ1v) is 5.14. The van der Waals surface area contributed by atoms with Crippen molar-refractivity contribution in [1.29, 1.82) is 0 Å². The van der Waals surface area contributed by atoms with Gasteiger partial charge in [-0.05, 0) is 26.7 Å². The molecule has 1 atom stereocenters. The van der Waals surface area contributed by atoms with Crippen LogP contribution in [0.4, 0.5) is 0 Å². The van der Waals surface area contributed by atoms with Gasteiger partial charge >= 0.3 is 0 Å². The van der Waals surface area contributed by atoms with Crippen LogP contribution in [-0.2, 0) is 9.53 Å². The van der Waals surface area contributed by atoms with E-state index in [4.69, 9.17) is 10.5 Å². The number of carbonyl (C=O) groups is 1. The van der Waals surface area contributed by atoms with Crippen LogP contribution in [0, 0.1) is 0 Å². The maximum absolute atomic E-state index is 11.9. The maximum atomic E-state index is 11.9. The summed E-state index contributed by atoms with van der Waals surface area (Å²) >= 11 is 0. The lowest BCUT2D eigenvalue weighted by Gasteiger charge is -2.29. The summed E-state index contributed by atoms with van der Waals surface area (Å²) in [6.45, 7) is 4.35. The van der Waals surface area contributed by atoms with Crippen LogP contribution in [0.5, 0.6) is 0 Å². The highest BCUT2D eigenvalue weighted by atomic mass is 35.5. The van der Waals surface area contributed by atoms with Crippen LogP contribution < -0.4 is 5.73 Å². The predicted molar refractivity (Wildman–Crippen MR) is 62.1 cm³/mol. The molecule has 4 nitrogen and oxygen atoms in total. The van der Waals surface area contributed by atoms with E-state index >= 15 is 0 Å². The number of halogens is 1. The molecule has 90 valence electrons. The number of nitrogens with two attached hydrogens (primary N) is 1. The maximum Gasteiger partial charge on any atom is 0.242 e. The molecule has 1 rings (SSSR count). The second-order valence-electron chi connectivity index (χ2n) is 4.13. The molecular weight excluding hydrogens is 216 g/mol. The Bertz CT molecular complexity index is 206. The van der Waals surface area contributed by atoms with E-state index in [2.05, 4.69) is 0 Å².